The van der Waals surface area contributed by atoms with Crippen LogP contribution >= 0.6 is 15.9 Å². The van der Waals surface area contributed by atoms with Crippen LogP contribution < -0.4 is 5.32 Å². The van der Waals surface area contributed by atoms with E-state index in [9.17, 15) is 9.59 Å². The van der Waals surface area contributed by atoms with E-state index in [1.54, 1.807) is 17.7 Å². The van der Waals surface area contributed by atoms with Gasteiger partial charge in [0.25, 0.3) is 5.91 Å². The Balaban J connectivity index is 1.65. The predicted octanol–water partition coefficient (Wildman–Crippen LogP) is 2.21. The van der Waals surface area contributed by atoms with Crippen LogP contribution in [0.1, 0.15) is 34.8 Å². The third-order valence-corrected chi connectivity index (χ3v) is 4.34. The second-order valence-electron chi connectivity index (χ2n) is 5.54. The Morgan fingerprint density at radius 3 is 2.88 bits per heavy atom. The minimum Gasteiger partial charge on any atom is -0.465 e. The number of carbonyl (C=O) groups is 2. The topological polar surface area (TPSA) is 82.5 Å². The minimum absolute atomic E-state index is 0.115. The molecule has 1 atom stereocenters. The molecule has 7 nitrogen and oxygen atoms in total. The van der Waals surface area contributed by atoms with Crippen LogP contribution in [0, 0.1) is 0 Å². The van der Waals surface area contributed by atoms with Gasteiger partial charge in [0.05, 0.1) is 25.5 Å². The van der Waals surface area contributed by atoms with Crippen LogP contribution in [0.25, 0.3) is 0 Å². The zero-order valence-corrected chi connectivity index (χ0v) is 15.3. The number of aromatic nitrogens is 2. The molecule has 0 aliphatic carbocycles. The van der Waals surface area contributed by atoms with Crippen molar-refractivity contribution < 1.29 is 19.1 Å². The lowest BCUT2D eigenvalue weighted by molar-refractivity contribution is -0.141. The molecule has 3 rings (SSSR count). The van der Waals surface area contributed by atoms with Gasteiger partial charge in [-0.15, -0.1) is 0 Å². The number of rotatable bonds is 5. The molecule has 2 heterocycles. The van der Waals surface area contributed by atoms with Gasteiger partial charge in [0.15, 0.2) is 5.69 Å². The summed E-state index contributed by atoms with van der Waals surface area (Å²) in [4.78, 5) is 23.4. The largest absolute Gasteiger partial charge is 0.465 e. The summed E-state index contributed by atoms with van der Waals surface area (Å²) in [6.07, 6.45) is -0.115. The Morgan fingerprint density at radius 1 is 1.40 bits per heavy atom. The minimum atomic E-state index is -0.474. The van der Waals surface area contributed by atoms with Crippen LogP contribution in [-0.2, 0) is 27.4 Å². The number of nitrogens with zero attached hydrogens (tertiary/aromatic N) is 2. The highest BCUT2D eigenvalue weighted by molar-refractivity contribution is 9.10. The third-order valence-electron chi connectivity index (χ3n) is 3.81. The second-order valence-corrected chi connectivity index (χ2v) is 6.46. The van der Waals surface area contributed by atoms with Crippen molar-refractivity contribution in [2.24, 2.45) is 0 Å². The van der Waals surface area contributed by atoms with Gasteiger partial charge in [0.1, 0.15) is 12.6 Å². The number of benzene rings is 1. The van der Waals surface area contributed by atoms with Gasteiger partial charge < -0.3 is 14.8 Å². The SMILES string of the molecule is CCOC(=O)CNC(=O)c1cc2n(n1)C[C@H](c1ccc(Br)cc1)OC2. The van der Waals surface area contributed by atoms with Gasteiger partial charge in [-0.05, 0) is 30.7 Å². The molecule has 0 unspecified atom stereocenters. The average molecular weight is 408 g/mol. The van der Waals surface area contributed by atoms with Crippen molar-refractivity contribution >= 4 is 27.8 Å². The summed E-state index contributed by atoms with van der Waals surface area (Å²) in [7, 11) is 0. The van der Waals surface area contributed by atoms with Crippen molar-refractivity contribution in [3.63, 3.8) is 0 Å². The maximum Gasteiger partial charge on any atom is 0.325 e. The van der Waals surface area contributed by atoms with Crippen LogP contribution in [0.15, 0.2) is 34.8 Å². The molecule has 132 valence electrons. The summed E-state index contributed by atoms with van der Waals surface area (Å²) in [6, 6.07) is 9.60. The van der Waals surface area contributed by atoms with Crippen LogP contribution in [0.4, 0.5) is 0 Å². The van der Waals surface area contributed by atoms with Crippen molar-refractivity contribution in [3.8, 4) is 0 Å². The number of hydrogen-bond donors (Lipinski definition) is 1. The number of carbonyl (C=O) groups excluding carboxylic acids is 2. The van der Waals surface area contributed by atoms with E-state index in [0.29, 0.717) is 13.2 Å². The van der Waals surface area contributed by atoms with Gasteiger partial charge in [0, 0.05) is 4.47 Å². The molecule has 0 fully saturated rings. The quantitative estimate of drug-likeness (QED) is 0.768. The lowest BCUT2D eigenvalue weighted by Crippen LogP contribution is -2.31. The molecule has 0 saturated carbocycles. The Kier molecular flexibility index (Phi) is 5.50. The molecule has 0 saturated heterocycles. The van der Waals surface area contributed by atoms with E-state index in [1.807, 2.05) is 24.3 Å². The van der Waals surface area contributed by atoms with Crippen molar-refractivity contribution in [1.29, 1.82) is 0 Å². The summed E-state index contributed by atoms with van der Waals surface area (Å²) < 4.78 is 13.4. The summed E-state index contributed by atoms with van der Waals surface area (Å²) in [5, 5.41) is 6.84. The van der Waals surface area contributed by atoms with E-state index >= 15 is 0 Å². The molecule has 8 heteroatoms. The molecule has 2 aromatic rings. The molecular formula is C17H18BrN3O4. The molecule has 0 radical (unpaired) electrons. The van der Waals surface area contributed by atoms with Gasteiger partial charge in [-0.2, -0.15) is 5.10 Å². The molecule has 0 spiro atoms. The summed E-state index contributed by atoms with van der Waals surface area (Å²) in [5.74, 6) is -0.881. The molecule has 25 heavy (non-hydrogen) atoms. The van der Waals surface area contributed by atoms with Crippen molar-refractivity contribution in [2.75, 3.05) is 13.2 Å². The second kappa shape index (κ2) is 7.79. The number of halogens is 1. The molecule has 1 aromatic heterocycles. The number of nitrogens with one attached hydrogen (secondary N) is 1. The highest BCUT2D eigenvalue weighted by Gasteiger charge is 2.24. The smallest absolute Gasteiger partial charge is 0.325 e. The van der Waals surface area contributed by atoms with E-state index in [1.165, 1.54) is 0 Å². The monoisotopic (exact) mass is 407 g/mol. The van der Waals surface area contributed by atoms with Crippen LogP contribution in [0.5, 0.6) is 0 Å². The fourth-order valence-electron chi connectivity index (χ4n) is 2.57. The summed E-state index contributed by atoms with van der Waals surface area (Å²) in [5.41, 5.74) is 2.15. The zero-order valence-electron chi connectivity index (χ0n) is 13.7. The molecule has 0 bridgehead atoms. The first-order valence-electron chi connectivity index (χ1n) is 7.94. The van der Waals surface area contributed by atoms with E-state index in [4.69, 9.17) is 9.47 Å². The molecular weight excluding hydrogens is 390 g/mol. The molecule has 1 aliphatic rings. The Bertz CT molecular complexity index is 773. The maximum atomic E-state index is 12.1. The Morgan fingerprint density at radius 2 is 2.16 bits per heavy atom. The van der Waals surface area contributed by atoms with E-state index < -0.39 is 11.9 Å². The van der Waals surface area contributed by atoms with Gasteiger partial charge in [-0.25, -0.2) is 0 Å². The maximum absolute atomic E-state index is 12.1. The fourth-order valence-corrected chi connectivity index (χ4v) is 2.83. The molecule has 1 amide bonds. The normalized spacial score (nSPS) is 16.2. The van der Waals surface area contributed by atoms with Crippen molar-refractivity contribution in [1.82, 2.24) is 15.1 Å². The predicted molar refractivity (Wildman–Crippen MR) is 92.9 cm³/mol. The van der Waals surface area contributed by atoms with Crippen LogP contribution in [0.2, 0.25) is 0 Å². The van der Waals surface area contributed by atoms with Crippen LogP contribution in [0.3, 0.4) is 0 Å². The first kappa shape index (κ1) is 17.6. The lowest BCUT2D eigenvalue weighted by atomic mass is 10.1. The van der Waals surface area contributed by atoms with E-state index in [2.05, 4.69) is 26.3 Å². The molecule has 1 N–H and O–H groups in total. The van der Waals surface area contributed by atoms with E-state index in [-0.39, 0.29) is 24.9 Å². The third kappa shape index (κ3) is 4.26. The highest BCUT2D eigenvalue weighted by atomic mass is 79.9. The number of fused-ring (bicyclic) bond motifs is 1. The Hall–Kier alpha value is -2.19. The summed E-state index contributed by atoms with van der Waals surface area (Å²) in [6.45, 7) is 2.72. The molecule has 1 aromatic carbocycles. The van der Waals surface area contributed by atoms with Crippen molar-refractivity contribution in [3.05, 3.63) is 51.8 Å². The van der Waals surface area contributed by atoms with E-state index in [0.717, 1.165) is 15.7 Å². The standard InChI is InChI=1S/C17H18BrN3O4/c1-2-24-16(22)8-19-17(23)14-7-13-10-25-15(9-21(13)20-14)11-3-5-12(18)6-4-11/h3-7,15H,2,8-10H2,1H3,(H,19,23)/t15-/m1/s1. The first-order chi connectivity index (χ1) is 12.1. The van der Waals surface area contributed by atoms with Gasteiger partial charge in [-0.1, -0.05) is 28.1 Å². The fraction of sp³-hybridized carbons (Fsp3) is 0.353. The number of amides is 1. The van der Waals surface area contributed by atoms with Gasteiger partial charge in [0.2, 0.25) is 0 Å². The van der Waals surface area contributed by atoms with Gasteiger partial charge in [-0.3, -0.25) is 14.3 Å². The lowest BCUT2D eigenvalue weighted by Gasteiger charge is -2.24. The molecule has 1 aliphatic heterocycles. The average Bonchev–Trinajstić information content (AvgIpc) is 3.04. The number of ether oxygens (including phenoxy) is 2. The van der Waals surface area contributed by atoms with Crippen molar-refractivity contribution in [2.45, 2.75) is 26.2 Å². The number of esters is 1. The summed E-state index contributed by atoms with van der Waals surface area (Å²) >= 11 is 3.41. The number of hydrogen-bond acceptors (Lipinski definition) is 5. The Labute approximate surface area is 153 Å². The van der Waals surface area contributed by atoms with Crippen LogP contribution in [-0.4, -0.2) is 34.8 Å². The zero-order chi connectivity index (χ0) is 17.8. The first-order valence-corrected chi connectivity index (χ1v) is 8.73. The highest BCUT2D eigenvalue weighted by Crippen LogP contribution is 2.27. The van der Waals surface area contributed by atoms with Gasteiger partial charge >= 0.3 is 5.97 Å².